The highest BCUT2D eigenvalue weighted by atomic mass is 19.1. The first-order chi connectivity index (χ1) is 11.4. The first-order valence-corrected chi connectivity index (χ1v) is 8.52. The lowest BCUT2D eigenvalue weighted by atomic mass is 9.89. The van der Waals surface area contributed by atoms with E-state index >= 15 is 4.39 Å². The van der Waals surface area contributed by atoms with Crippen molar-refractivity contribution in [3.05, 3.63) is 37.1 Å². The Bertz CT molecular complexity index is 475. The molecule has 2 rings (SSSR count). The van der Waals surface area contributed by atoms with Crippen molar-refractivity contribution < 1.29 is 19.7 Å². The molecule has 136 valence electrons. The van der Waals surface area contributed by atoms with Crippen LogP contribution in [-0.4, -0.2) is 81.8 Å². The first-order valence-electron chi connectivity index (χ1n) is 8.52. The first kappa shape index (κ1) is 19.1. The molecule has 0 amide bonds. The third-order valence-electron chi connectivity index (χ3n) is 5.12. The molecule has 24 heavy (non-hydrogen) atoms. The molecule has 2 saturated heterocycles. The highest BCUT2D eigenvalue weighted by Gasteiger charge is 2.41. The Kier molecular flexibility index (Phi) is 6.57. The van der Waals surface area contributed by atoms with Crippen LogP contribution in [0.1, 0.15) is 19.3 Å². The van der Waals surface area contributed by atoms with Gasteiger partial charge in [0.2, 0.25) is 0 Å². The second-order valence-electron chi connectivity index (χ2n) is 6.81. The van der Waals surface area contributed by atoms with Gasteiger partial charge in [-0.15, -0.1) is 0 Å². The fraction of sp³-hybridized carbons (Fsp3) is 0.667. The van der Waals surface area contributed by atoms with Gasteiger partial charge < -0.3 is 20.2 Å². The van der Waals surface area contributed by atoms with Gasteiger partial charge in [0.25, 0.3) is 0 Å². The third-order valence-corrected chi connectivity index (χ3v) is 5.12. The standard InChI is InChI=1S/C18H29FN2O3/c1-3-5-14(4-2)20-8-6-18(19,7-9-20)13-21-11-17(24)16(23)10-15(21)12-22/h3-5,15-17,22-24H,1-2,6-13H2/b14-5+/t15-,16?,17+/m1/s1. The second kappa shape index (κ2) is 8.25. The summed E-state index contributed by atoms with van der Waals surface area (Å²) in [6.45, 7) is 8.86. The van der Waals surface area contributed by atoms with E-state index in [2.05, 4.69) is 18.1 Å². The van der Waals surface area contributed by atoms with Crippen LogP contribution in [0, 0.1) is 0 Å². The number of allylic oxidation sites excluding steroid dienone is 3. The van der Waals surface area contributed by atoms with Gasteiger partial charge >= 0.3 is 0 Å². The largest absolute Gasteiger partial charge is 0.395 e. The van der Waals surface area contributed by atoms with E-state index in [0.717, 1.165) is 5.70 Å². The smallest absolute Gasteiger partial charge is 0.127 e. The Morgan fingerprint density at radius 3 is 2.42 bits per heavy atom. The van der Waals surface area contributed by atoms with E-state index < -0.39 is 17.9 Å². The summed E-state index contributed by atoms with van der Waals surface area (Å²) in [5, 5.41) is 29.1. The zero-order valence-electron chi connectivity index (χ0n) is 14.1. The van der Waals surface area contributed by atoms with Crippen molar-refractivity contribution in [3.8, 4) is 0 Å². The Labute approximate surface area is 143 Å². The van der Waals surface area contributed by atoms with Gasteiger partial charge in [0.15, 0.2) is 0 Å². The minimum Gasteiger partial charge on any atom is -0.395 e. The van der Waals surface area contributed by atoms with Crippen LogP contribution in [0.2, 0.25) is 0 Å². The lowest BCUT2D eigenvalue weighted by Crippen LogP contribution is -2.58. The molecule has 0 aliphatic carbocycles. The van der Waals surface area contributed by atoms with Gasteiger partial charge in [-0.1, -0.05) is 19.2 Å². The second-order valence-corrected chi connectivity index (χ2v) is 6.81. The van der Waals surface area contributed by atoms with Crippen LogP contribution < -0.4 is 0 Å². The molecule has 2 fully saturated rings. The van der Waals surface area contributed by atoms with Crippen LogP contribution in [0.3, 0.4) is 0 Å². The molecule has 1 unspecified atom stereocenters. The van der Waals surface area contributed by atoms with Crippen molar-refractivity contribution in [2.24, 2.45) is 0 Å². The molecule has 6 heteroatoms. The van der Waals surface area contributed by atoms with E-state index in [1.165, 1.54) is 0 Å². The minimum atomic E-state index is -1.35. The molecule has 0 aromatic heterocycles. The molecule has 0 saturated carbocycles. The molecular formula is C18H29FN2O3. The maximum absolute atomic E-state index is 15.3. The maximum atomic E-state index is 15.3. The molecular weight excluding hydrogens is 311 g/mol. The maximum Gasteiger partial charge on any atom is 0.127 e. The van der Waals surface area contributed by atoms with Crippen molar-refractivity contribution in [1.82, 2.24) is 9.80 Å². The van der Waals surface area contributed by atoms with Crippen molar-refractivity contribution in [2.75, 3.05) is 32.8 Å². The fourth-order valence-corrected chi connectivity index (χ4v) is 3.59. The summed E-state index contributed by atoms with van der Waals surface area (Å²) in [5.41, 5.74) is -0.413. The van der Waals surface area contributed by atoms with Crippen molar-refractivity contribution in [1.29, 1.82) is 0 Å². The number of likely N-dealkylation sites (tertiary alicyclic amines) is 2. The van der Waals surface area contributed by atoms with E-state index in [9.17, 15) is 15.3 Å². The third kappa shape index (κ3) is 4.45. The van der Waals surface area contributed by atoms with Crippen LogP contribution >= 0.6 is 0 Å². The zero-order valence-corrected chi connectivity index (χ0v) is 14.1. The Morgan fingerprint density at radius 2 is 1.88 bits per heavy atom. The highest BCUT2D eigenvalue weighted by molar-refractivity contribution is 5.20. The van der Waals surface area contributed by atoms with Crippen LogP contribution in [0.5, 0.6) is 0 Å². The quantitative estimate of drug-likeness (QED) is 0.625. The predicted octanol–water partition coefficient (Wildman–Crippen LogP) is 0.835. The van der Waals surface area contributed by atoms with Gasteiger partial charge in [0.05, 0.1) is 18.8 Å². The molecule has 0 aromatic rings. The van der Waals surface area contributed by atoms with Crippen molar-refractivity contribution >= 4 is 0 Å². The van der Waals surface area contributed by atoms with E-state index in [1.807, 2.05) is 6.08 Å². The molecule has 3 atom stereocenters. The summed E-state index contributed by atoms with van der Waals surface area (Å²) in [6, 6.07) is -0.307. The fourth-order valence-electron chi connectivity index (χ4n) is 3.59. The Balaban J connectivity index is 1.96. The number of nitrogens with zero attached hydrogens (tertiary/aromatic N) is 2. The Hall–Kier alpha value is -1.21. The summed E-state index contributed by atoms with van der Waals surface area (Å²) in [7, 11) is 0. The number of halogens is 1. The Morgan fingerprint density at radius 1 is 1.21 bits per heavy atom. The molecule has 3 N–H and O–H groups in total. The highest BCUT2D eigenvalue weighted by Crippen LogP contribution is 2.31. The molecule has 0 aromatic carbocycles. The van der Waals surface area contributed by atoms with Gasteiger partial charge in [-0.05, 0) is 18.6 Å². The number of alkyl halides is 1. The van der Waals surface area contributed by atoms with Crippen LogP contribution in [0.4, 0.5) is 4.39 Å². The van der Waals surface area contributed by atoms with Gasteiger partial charge in [-0.3, -0.25) is 4.90 Å². The van der Waals surface area contributed by atoms with Crippen LogP contribution in [0.25, 0.3) is 0 Å². The van der Waals surface area contributed by atoms with Gasteiger partial charge in [-0.25, -0.2) is 4.39 Å². The summed E-state index contributed by atoms with van der Waals surface area (Å²) >= 11 is 0. The SMILES string of the molecule is C=C/C=C(\C=C)N1CCC(F)(CN2C[C@H](O)C(O)C[C@@H]2CO)CC1. The van der Waals surface area contributed by atoms with Crippen LogP contribution in [-0.2, 0) is 0 Å². The normalized spacial score (nSPS) is 31.8. The number of piperidine rings is 2. The molecule has 0 radical (unpaired) electrons. The summed E-state index contributed by atoms with van der Waals surface area (Å²) in [5.74, 6) is 0. The van der Waals surface area contributed by atoms with E-state index in [4.69, 9.17) is 0 Å². The number of aliphatic hydroxyl groups excluding tert-OH is 3. The molecule has 5 nitrogen and oxygen atoms in total. The number of hydrogen-bond acceptors (Lipinski definition) is 5. The molecule has 0 spiro atoms. The molecule has 2 aliphatic rings. The number of aliphatic hydroxyl groups is 3. The van der Waals surface area contributed by atoms with E-state index in [0.29, 0.717) is 25.9 Å². The topological polar surface area (TPSA) is 67.2 Å². The van der Waals surface area contributed by atoms with Crippen LogP contribution in [0.15, 0.2) is 37.1 Å². The molecule has 2 heterocycles. The molecule has 0 bridgehead atoms. The summed E-state index contributed by atoms with van der Waals surface area (Å²) in [4.78, 5) is 3.87. The molecule has 2 aliphatic heterocycles. The summed E-state index contributed by atoms with van der Waals surface area (Å²) < 4.78 is 15.3. The average molecular weight is 340 g/mol. The number of β-amino-alcohol motifs (C(OH)–C–C–N with tert-alkyl or cyclic N) is 1. The van der Waals surface area contributed by atoms with Crippen molar-refractivity contribution in [2.45, 2.75) is 43.2 Å². The van der Waals surface area contributed by atoms with E-state index in [-0.39, 0.29) is 32.2 Å². The zero-order chi connectivity index (χ0) is 17.7. The van der Waals surface area contributed by atoms with E-state index in [1.54, 1.807) is 17.1 Å². The lowest BCUT2D eigenvalue weighted by molar-refractivity contribution is -0.0892. The summed E-state index contributed by atoms with van der Waals surface area (Å²) in [6.07, 6.45) is 4.59. The average Bonchev–Trinajstić information content (AvgIpc) is 2.56. The lowest BCUT2D eigenvalue weighted by Gasteiger charge is -2.45. The monoisotopic (exact) mass is 340 g/mol. The van der Waals surface area contributed by atoms with Crippen molar-refractivity contribution in [3.63, 3.8) is 0 Å². The van der Waals surface area contributed by atoms with Gasteiger partial charge in [0.1, 0.15) is 5.67 Å². The van der Waals surface area contributed by atoms with Gasteiger partial charge in [-0.2, -0.15) is 0 Å². The number of rotatable bonds is 6. The predicted molar refractivity (Wildman–Crippen MR) is 92.2 cm³/mol. The minimum absolute atomic E-state index is 0.144. The number of hydrogen-bond donors (Lipinski definition) is 3. The van der Waals surface area contributed by atoms with Gasteiger partial charge in [0, 0.05) is 50.8 Å².